The van der Waals surface area contributed by atoms with E-state index in [1.807, 2.05) is 25.1 Å². The zero-order valence-corrected chi connectivity index (χ0v) is 17.6. The molecule has 1 aliphatic heterocycles. The molecule has 164 valence electrons. The van der Waals surface area contributed by atoms with Crippen LogP contribution in [0.25, 0.3) is 16.9 Å². The molecule has 2 aromatic heterocycles. The average molecular weight is 435 g/mol. The molecule has 2 atom stereocenters. The topological polar surface area (TPSA) is 63.5 Å². The monoisotopic (exact) mass is 435 g/mol. The number of nitrogens with zero attached hydrogens (tertiary/aromatic N) is 3. The molecule has 1 aliphatic rings. The van der Waals surface area contributed by atoms with Gasteiger partial charge in [-0.3, -0.25) is 0 Å². The van der Waals surface area contributed by atoms with Crippen molar-refractivity contribution in [3.05, 3.63) is 78.0 Å². The van der Waals surface area contributed by atoms with E-state index in [1.165, 1.54) is 18.2 Å². The third-order valence-corrected chi connectivity index (χ3v) is 5.67. The molecule has 6 nitrogen and oxygen atoms in total. The van der Waals surface area contributed by atoms with Gasteiger partial charge in [0, 0.05) is 11.6 Å². The van der Waals surface area contributed by atoms with Gasteiger partial charge in [-0.2, -0.15) is 0 Å². The second kappa shape index (κ2) is 8.55. The fourth-order valence-electron chi connectivity index (χ4n) is 3.68. The molecule has 4 aromatic rings. The minimum absolute atomic E-state index is 0.145. The minimum atomic E-state index is -0.402. The first kappa shape index (κ1) is 20.4. The van der Waals surface area contributed by atoms with E-state index in [0.717, 1.165) is 24.1 Å². The van der Waals surface area contributed by atoms with Gasteiger partial charge >= 0.3 is 0 Å². The van der Waals surface area contributed by atoms with Gasteiger partial charge in [0.25, 0.3) is 0 Å². The van der Waals surface area contributed by atoms with E-state index in [-0.39, 0.29) is 23.7 Å². The standard InChI is InChI=1S/C24H23F2N5O/c1-15(16-3-2-4-18(25)11-16)29-23-7-8-24-28-13-21(31(24)30-23)17-5-6-20(26)22(12-17)32-14-19-9-10-27-19/h2-8,11-13,15,19,27H,9-10,14H2,1H3,(H,29,30)/t15-,19+/m1/s1. The lowest BCUT2D eigenvalue weighted by atomic mass is 10.1. The number of rotatable bonds is 7. The van der Waals surface area contributed by atoms with Gasteiger partial charge in [0.2, 0.25) is 0 Å². The van der Waals surface area contributed by atoms with E-state index in [0.29, 0.717) is 23.8 Å². The normalized spacial score (nSPS) is 16.5. The summed E-state index contributed by atoms with van der Waals surface area (Å²) in [6.07, 6.45) is 2.73. The van der Waals surface area contributed by atoms with Gasteiger partial charge in [0.1, 0.15) is 18.2 Å². The van der Waals surface area contributed by atoms with Crippen LogP contribution in [-0.2, 0) is 0 Å². The third-order valence-electron chi connectivity index (χ3n) is 5.67. The summed E-state index contributed by atoms with van der Waals surface area (Å²) >= 11 is 0. The first-order valence-corrected chi connectivity index (χ1v) is 10.6. The van der Waals surface area contributed by atoms with Crippen molar-refractivity contribution in [2.75, 3.05) is 18.5 Å². The molecule has 0 saturated carbocycles. The summed E-state index contributed by atoms with van der Waals surface area (Å²) in [5.41, 5.74) is 2.94. The highest BCUT2D eigenvalue weighted by molar-refractivity contribution is 5.65. The summed E-state index contributed by atoms with van der Waals surface area (Å²) in [6.45, 7) is 3.34. The smallest absolute Gasteiger partial charge is 0.165 e. The maximum absolute atomic E-state index is 14.3. The number of ether oxygens (including phenoxy) is 1. The Morgan fingerprint density at radius 2 is 2.06 bits per heavy atom. The van der Waals surface area contributed by atoms with E-state index in [2.05, 4.69) is 20.7 Å². The molecule has 1 saturated heterocycles. The van der Waals surface area contributed by atoms with Gasteiger partial charge in [-0.25, -0.2) is 18.3 Å². The number of anilines is 1. The van der Waals surface area contributed by atoms with E-state index in [9.17, 15) is 8.78 Å². The Kier molecular flexibility index (Phi) is 5.45. The van der Waals surface area contributed by atoms with Crippen LogP contribution in [0.3, 0.4) is 0 Å². The summed E-state index contributed by atoms with van der Waals surface area (Å²) < 4.78 is 35.2. The molecule has 2 N–H and O–H groups in total. The lowest BCUT2D eigenvalue weighted by Crippen LogP contribution is -2.46. The van der Waals surface area contributed by atoms with Crippen molar-refractivity contribution in [1.29, 1.82) is 0 Å². The van der Waals surface area contributed by atoms with E-state index >= 15 is 0 Å². The summed E-state index contributed by atoms with van der Waals surface area (Å²) in [5.74, 6) is 0.142. The SMILES string of the molecule is C[C@@H](Nc1ccc2ncc(-c3ccc(F)c(OC[C@@H]4CCN4)c3)n2n1)c1cccc(F)c1. The lowest BCUT2D eigenvalue weighted by Gasteiger charge is -2.27. The van der Waals surface area contributed by atoms with Crippen LogP contribution in [0.2, 0.25) is 0 Å². The van der Waals surface area contributed by atoms with Crippen molar-refractivity contribution >= 4 is 11.5 Å². The van der Waals surface area contributed by atoms with Crippen LogP contribution in [0.1, 0.15) is 24.9 Å². The molecule has 0 radical (unpaired) electrons. The second-order valence-corrected chi connectivity index (χ2v) is 7.95. The molecule has 32 heavy (non-hydrogen) atoms. The van der Waals surface area contributed by atoms with Crippen molar-refractivity contribution in [1.82, 2.24) is 19.9 Å². The van der Waals surface area contributed by atoms with Crippen molar-refractivity contribution in [2.45, 2.75) is 25.4 Å². The summed E-state index contributed by atoms with van der Waals surface area (Å²) in [4.78, 5) is 4.41. The van der Waals surface area contributed by atoms with Gasteiger partial charge in [0.15, 0.2) is 17.2 Å². The molecule has 5 rings (SSSR count). The van der Waals surface area contributed by atoms with E-state index in [4.69, 9.17) is 4.74 Å². The number of nitrogens with one attached hydrogen (secondary N) is 2. The van der Waals surface area contributed by atoms with Crippen LogP contribution in [0, 0.1) is 11.6 Å². The fourth-order valence-corrected chi connectivity index (χ4v) is 3.68. The van der Waals surface area contributed by atoms with Gasteiger partial charge in [0.05, 0.1) is 17.9 Å². The Morgan fingerprint density at radius 1 is 1.19 bits per heavy atom. The maximum atomic E-state index is 14.3. The van der Waals surface area contributed by atoms with Crippen molar-refractivity contribution in [3.8, 4) is 17.0 Å². The maximum Gasteiger partial charge on any atom is 0.165 e. The van der Waals surface area contributed by atoms with Crippen LogP contribution < -0.4 is 15.4 Å². The lowest BCUT2D eigenvalue weighted by molar-refractivity contribution is 0.211. The Bertz CT molecular complexity index is 1250. The van der Waals surface area contributed by atoms with Gasteiger partial charge in [-0.1, -0.05) is 12.1 Å². The Morgan fingerprint density at radius 3 is 2.84 bits per heavy atom. The molecule has 0 unspecified atom stereocenters. The molecule has 3 heterocycles. The van der Waals surface area contributed by atoms with Crippen LogP contribution in [-0.4, -0.2) is 33.8 Å². The zero-order chi connectivity index (χ0) is 22.1. The van der Waals surface area contributed by atoms with E-state index in [1.54, 1.807) is 28.9 Å². The molecule has 1 fully saturated rings. The molecule has 0 spiro atoms. The third kappa shape index (κ3) is 4.13. The number of benzene rings is 2. The van der Waals surface area contributed by atoms with Crippen molar-refractivity contribution in [3.63, 3.8) is 0 Å². The highest BCUT2D eigenvalue weighted by Gasteiger charge is 2.18. The predicted octanol–water partition coefficient (Wildman–Crippen LogP) is 4.59. The summed E-state index contributed by atoms with van der Waals surface area (Å²) in [6, 6.07) is 15.0. The molecule has 0 bridgehead atoms. The first-order chi connectivity index (χ1) is 15.6. The number of aromatic nitrogens is 3. The predicted molar refractivity (Wildman–Crippen MR) is 119 cm³/mol. The van der Waals surface area contributed by atoms with Crippen molar-refractivity contribution < 1.29 is 13.5 Å². The Labute approximate surface area is 184 Å². The largest absolute Gasteiger partial charge is 0.489 e. The first-order valence-electron chi connectivity index (χ1n) is 10.6. The number of fused-ring (bicyclic) bond motifs is 1. The average Bonchev–Trinajstić information content (AvgIpc) is 3.17. The van der Waals surface area contributed by atoms with Gasteiger partial charge in [-0.05, 0) is 67.9 Å². The van der Waals surface area contributed by atoms with Crippen LogP contribution in [0.15, 0.2) is 60.8 Å². The number of imidazole rings is 1. The summed E-state index contributed by atoms with van der Waals surface area (Å²) in [7, 11) is 0. The quantitative estimate of drug-likeness (QED) is 0.445. The number of hydrogen-bond donors (Lipinski definition) is 2. The van der Waals surface area contributed by atoms with Gasteiger partial charge in [-0.15, -0.1) is 5.10 Å². The van der Waals surface area contributed by atoms with Gasteiger partial charge < -0.3 is 15.4 Å². The molecule has 0 amide bonds. The Balaban J connectivity index is 1.41. The molecule has 8 heteroatoms. The molecule has 0 aliphatic carbocycles. The van der Waals surface area contributed by atoms with Crippen LogP contribution in [0.5, 0.6) is 5.75 Å². The molecule has 2 aromatic carbocycles. The van der Waals surface area contributed by atoms with Crippen LogP contribution >= 0.6 is 0 Å². The molecular weight excluding hydrogens is 412 g/mol. The van der Waals surface area contributed by atoms with E-state index < -0.39 is 5.82 Å². The fraction of sp³-hybridized carbons (Fsp3) is 0.250. The number of hydrogen-bond acceptors (Lipinski definition) is 5. The Hall–Kier alpha value is -3.52. The number of halogens is 2. The highest BCUT2D eigenvalue weighted by atomic mass is 19.1. The van der Waals surface area contributed by atoms with Crippen molar-refractivity contribution in [2.24, 2.45) is 0 Å². The van der Waals surface area contributed by atoms with Crippen LogP contribution in [0.4, 0.5) is 14.6 Å². The molecular formula is C24H23F2N5O. The minimum Gasteiger partial charge on any atom is -0.489 e. The second-order valence-electron chi connectivity index (χ2n) is 7.95. The summed E-state index contributed by atoms with van der Waals surface area (Å²) in [5, 5.41) is 11.2. The zero-order valence-electron chi connectivity index (χ0n) is 17.6. The highest BCUT2D eigenvalue weighted by Crippen LogP contribution is 2.28.